The minimum Gasteiger partial charge on any atom is -0.481 e. The molecule has 0 aliphatic rings. The van der Waals surface area contributed by atoms with Crippen LogP contribution in [0.4, 0.5) is 0 Å². The van der Waals surface area contributed by atoms with E-state index in [1.54, 1.807) is 6.20 Å². The third kappa shape index (κ3) is 4.49. The van der Waals surface area contributed by atoms with Crippen molar-refractivity contribution in [2.24, 2.45) is 7.05 Å². The Labute approximate surface area is 108 Å². The molecule has 5 nitrogen and oxygen atoms in total. The average molecular weight is 253 g/mol. The number of aryl methyl sites for hydroxylation is 1. The van der Waals surface area contributed by atoms with Crippen LogP contribution in [0.5, 0.6) is 0 Å². The van der Waals surface area contributed by atoms with E-state index in [9.17, 15) is 4.79 Å². The molecule has 0 spiro atoms. The first-order chi connectivity index (χ1) is 8.30. The van der Waals surface area contributed by atoms with Gasteiger partial charge >= 0.3 is 5.97 Å². The minimum absolute atomic E-state index is 0.0272. The number of hydrogen-bond donors (Lipinski definition) is 1. The second-order valence-corrected chi connectivity index (χ2v) is 5.51. The van der Waals surface area contributed by atoms with Crippen molar-refractivity contribution < 1.29 is 9.90 Å². The highest BCUT2D eigenvalue weighted by Gasteiger charge is 2.21. The first-order valence-corrected chi connectivity index (χ1v) is 6.24. The second-order valence-electron chi connectivity index (χ2n) is 5.51. The molecule has 1 N–H and O–H groups in total. The molecule has 0 saturated carbocycles. The molecule has 0 aliphatic heterocycles. The number of carboxylic acid groups (broad SMARTS) is 1. The molecular weight excluding hydrogens is 230 g/mol. The van der Waals surface area contributed by atoms with Crippen LogP contribution in [0.1, 0.15) is 33.0 Å². The topological polar surface area (TPSA) is 58.4 Å². The molecule has 1 aromatic rings. The third-order valence-electron chi connectivity index (χ3n) is 3.07. The van der Waals surface area contributed by atoms with Crippen molar-refractivity contribution in [1.82, 2.24) is 14.5 Å². The molecule has 5 heteroatoms. The van der Waals surface area contributed by atoms with Crippen molar-refractivity contribution in [1.29, 1.82) is 0 Å². The highest BCUT2D eigenvalue weighted by Crippen LogP contribution is 2.14. The van der Waals surface area contributed by atoms with Gasteiger partial charge in [-0.15, -0.1) is 0 Å². The van der Waals surface area contributed by atoms with E-state index in [2.05, 4.69) is 30.7 Å². The molecule has 1 rings (SSSR count). The van der Waals surface area contributed by atoms with Gasteiger partial charge < -0.3 is 9.67 Å². The van der Waals surface area contributed by atoms with Crippen LogP contribution >= 0.6 is 0 Å². The molecule has 0 aliphatic carbocycles. The lowest BCUT2D eigenvalue weighted by molar-refractivity contribution is -0.137. The molecule has 18 heavy (non-hydrogen) atoms. The summed E-state index contributed by atoms with van der Waals surface area (Å²) in [6.07, 6.45) is 4.72. The van der Waals surface area contributed by atoms with Crippen LogP contribution in [0, 0.1) is 0 Å². The van der Waals surface area contributed by atoms with Crippen molar-refractivity contribution in [3.05, 3.63) is 18.2 Å². The Morgan fingerprint density at radius 3 is 2.56 bits per heavy atom. The summed E-state index contributed by atoms with van der Waals surface area (Å²) in [4.78, 5) is 17.1. The number of aliphatic carboxylic acids is 1. The largest absolute Gasteiger partial charge is 0.481 e. The van der Waals surface area contributed by atoms with E-state index in [4.69, 9.17) is 5.11 Å². The molecule has 0 aromatic carbocycles. The maximum absolute atomic E-state index is 10.7. The number of hydrogen-bond acceptors (Lipinski definition) is 3. The lowest BCUT2D eigenvalue weighted by Crippen LogP contribution is -2.43. The van der Waals surface area contributed by atoms with Crippen molar-refractivity contribution in [2.75, 3.05) is 13.1 Å². The van der Waals surface area contributed by atoms with Crippen LogP contribution in [-0.4, -0.2) is 44.2 Å². The monoisotopic (exact) mass is 253 g/mol. The number of carboxylic acids is 1. The van der Waals surface area contributed by atoms with E-state index in [-0.39, 0.29) is 12.0 Å². The lowest BCUT2D eigenvalue weighted by Gasteiger charge is -2.35. The number of carbonyl (C=O) groups is 1. The zero-order valence-corrected chi connectivity index (χ0v) is 11.7. The van der Waals surface area contributed by atoms with Gasteiger partial charge in [0.15, 0.2) is 0 Å². The van der Waals surface area contributed by atoms with Crippen LogP contribution in [0.3, 0.4) is 0 Å². The molecule has 1 heterocycles. The highest BCUT2D eigenvalue weighted by atomic mass is 16.4. The first kappa shape index (κ1) is 14.7. The summed E-state index contributed by atoms with van der Waals surface area (Å²) < 4.78 is 2.00. The van der Waals surface area contributed by atoms with E-state index in [0.29, 0.717) is 6.54 Å². The predicted molar refractivity (Wildman–Crippen MR) is 70.5 cm³/mol. The zero-order chi connectivity index (χ0) is 13.8. The highest BCUT2D eigenvalue weighted by molar-refractivity contribution is 5.66. The fourth-order valence-corrected chi connectivity index (χ4v) is 1.89. The lowest BCUT2D eigenvalue weighted by atomic mass is 10.1. The van der Waals surface area contributed by atoms with E-state index in [1.807, 2.05) is 17.8 Å². The Morgan fingerprint density at radius 1 is 1.44 bits per heavy atom. The fourth-order valence-electron chi connectivity index (χ4n) is 1.89. The summed E-state index contributed by atoms with van der Waals surface area (Å²) in [5, 5.41) is 8.78. The summed E-state index contributed by atoms with van der Waals surface area (Å²) in [6, 6.07) is 0. The van der Waals surface area contributed by atoms with Gasteiger partial charge in [-0.2, -0.15) is 0 Å². The average Bonchev–Trinajstić information content (AvgIpc) is 2.61. The van der Waals surface area contributed by atoms with Gasteiger partial charge in [0, 0.05) is 44.5 Å². The van der Waals surface area contributed by atoms with Gasteiger partial charge in [0.05, 0.1) is 6.42 Å². The maximum atomic E-state index is 10.7. The Kier molecular flexibility index (Phi) is 4.90. The van der Waals surface area contributed by atoms with Crippen molar-refractivity contribution in [3.8, 4) is 0 Å². The van der Waals surface area contributed by atoms with Crippen LogP contribution < -0.4 is 0 Å². The van der Waals surface area contributed by atoms with Crippen molar-refractivity contribution in [3.63, 3.8) is 0 Å². The van der Waals surface area contributed by atoms with Gasteiger partial charge in [-0.05, 0) is 20.8 Å². The van der Waals surface area contributed by atoms with Gasteiger partial charge in [-0.25, -0.2) is 4.98 Å². The predicted octanol–water partition coefficient (Wildman–Crippen LogP) is 1.54. The van der Waals surface area contributed by atoms with Gasteiger partial charge in [0.1, 0.15) is 5.82 Å². The van der Waals surface area contributed by atoms with Gasteiger partial charge in [-0.3, -0.25) is 9.69 Å². The SMILES string of the molecule is Cn1ccnc1CCN(CCC(=O)O)C(C)(C)C. The van der Waals surface area contributed by atoms with E-state index >= 15 is 0 Å². The summed E-state index contributed by atoms with van der Waals surface area (Å²) in [6.45, 7) is 7.71. The minimum atomic E-state index is -0.749. The molecule has 0 amide bonds. The molecule has 0 saturated heterocycles. The van der Waals surface area contributed by atoms with Crippen LogP contribution in [0.25, 0.3) is 0 Å². The number of rotatable bonds is 6. The summed E-state index contributed by atoms with van der Waals surface area (Å²) in [5.74, 6) is 0.279. The van der Waals surface area contributed by atoms with Gasteiger partial charge in [0.2, 0.25) is 0 Å². The Bertz CT molecular complexity index is 393. The normalized spacial score (nSPS) is 12.1. The molecule has 0 radical (unpaired) electrons. The van der Waals surface area contributed by atoms with Gasteiger partial charge in [-0.1, -0.05) is 0 Å². The molecule has 0 bridgehead atoms. The summed E-state index contributed by atoms with van der Waals surface area (Å²) in [5.41, 5.74) is -0.0272. The first-order valence-electron chi connectivity index (χ1n) is 6.24. The molecular formula is C13H23N3O2. The zero-order valence-electron chi connectivity index (χ0n) is 11.7. The van der Waals surface area contributed by atoms with Crippen LogP contribution in [0.15, 0.2) is 12.4 Å². The van der Waals surface area contributed by atoms with Crippen LogP contribution in [0.2, 0.25) is 0 Å². The molecule has 0 unspecified atom stereocenters. The Morgan fingerprint density at radius 2 is 2.11 bits per heavy atom. The molecule has 102 valence electrons. The third-order valence-corrected chi connectivity index (χ3v) is 3.07. The van der Waals surface area contributed by atoms with E-state index in [0.717, 1.165) is 18.8 Å². The second kappa shape index (κ2) is 6.00. The standard InChI is InChI=1S/C13H23N3O2/c1-13(2,3)16(9-6-12(17)18)8-5-11-14-7-10-15(11)4/h7,10H,5-6,8-9H2,1-4H3,(H,17,18). The maximum Gasteiger partial charge on any atom is 0.304 e. The molecule has 1 aromatic heterocycles. The summed E-state index contributed by atoms with van der Waals surface area (Å²) >= 11 is 0. The fraction of sp³-hybridized carbons (Fsp3) is 0.692. The number of aromatic nitrogens is 2. The van der Waals surface area contributed by atoms with E-state index < -0.39 is 5.97 Å². The van der Waals surface area contributed by atoms with E-state index in [1.165, 1.54) is 0 Å². The number of nitrogens with zero attached hydrogens (tertiary/aromatic N) is 3. The van der Waals surface area contributed by atoms with Gasteiger partial charge in [0.25, 0.3) is 0 Å². The van der Waals surface area contributed by atoms with Crippen molar-refractivity contribution >= 4 is 5.97 Å². The Hall–Kier alpha value is -1.36. The number of imidazole rings is 1. The smallest absolute Gasteiger partial charge is 0.304 e. The summed E-state index contributed by atoms with van der Waals surface area (Å²) in [7, 11) is 1.97. The molecule has 0 atom stereocenters. The van der Waals surface area contributed by atoms with Crippen molar-refractivity contribution in [2.45, 2.75) is 39.2 Å². The van der Waals surface area contributed by atoms with Crippen LogP contribution in [-0.2, 0) is 18.3 Å². The Balaban J connectivity index is 2.56. The quantitative estimate of drug-likeness (QED) is 0.835. The molecule has 0 fully saturated rings.